The molecule has 3 aromatic rings. The fourth-order valence-corrected chi connectivity index (χ4v) is 3.00. The second-order valence-corrected chi connectivity index (χ2v) is 7.40. The third-order valence-electron chi connectivity index (χ3n) is 4.56. The lowest BCUT2D eigenvalue weighted by atomic mass is 9.85. The first-order chi connectivity index (χ1) is 13.6. The molecule has 31 heavy (non-hydrogen) atoms. The van der Waals surface area contributed by atoms with E-state index in [1.54, 1.807) is 0 Å². The Morgan fingerprint density at radius 3 is 2.00 bits per heavy atom. The minimum Gasteiger partial charge on any atom is -0.494 e. The van der Waals surface area contributed by atoms with Gasteiger partial charge >= 0.3 is 0 Å². The molecule has 0 bridgehead atoms. The summed E-state index contributed by atoms with van der Waals surface area (Å²) in [6, 6.07) is 26.1. The number of para-hydroxylation sites is 1. The van der Waals surface area contributed by atoms with Gasteiger partial charge in [-0.25, -0.2) is 0 Å². The normalized spacial score (nSPS) is 10.2. The Hall–Kier alpha value is -2.99. The van der Waals surface area contributed by atoms with Crippen molar-refractivity contribution in [3.05, 3.63) is 90.0 Å². The van der Waals surface area contributed by atoms with Crippen molar-refractivity contribution < 1.29 is 28.3 Å². The van der Waals surface area contributed by atoms with Gasteiger partial charge in [0.25, 0.3) is 0 Å². The van der Waals surface area contributed by atoms with Crippen molar-refractivity contribution in [3.8, 4) is 17.2 Å². The third-order valence-corrected chi connectivity index (χ3v) is 4.56. The van der Waals surface area contributed by atoms with Crippen molar-refractivity contribution in [3.63, 3.8) is 0 Å². The standard InChI is InChI=1S/C25H28O3.3FH/c1-4-27-22-15-13-21(14-16-22)25(2,3)19-26-18-20-9-8-12-24(17-20)28-23-10-6-5-7-11-23;;;/h5-17H,4,18-19H2,1-3H3;3*1H. The maximum Gasteiger partial charge on any atom is 0.127 e. The Bertz CT molecular complexity index is 869. The van der Waals surface area contributed by atoms with Crippen molar-refractivity contribution in [2.45, 2.75) is 32.8 Å². The summed E-state index contributed by atoms with van der Waals surface area (Å²) in [7, 11) is 0. The molecule has 3 rings (SSSR count). The molecule has 0 aliphatic carbocycles. The molecule has 6 heteroatoms. The number of hydrogen-bond acceptors (Lipinski definition) is 3. The second kappa shape index (κ2) is 13.3. The average Bonchev–Trinajstić information content (AvgIpc) is 2.70. The number of rotatable bonds is 9. The van der Waals surface area contributed by atoms with Crippen LogP contribution in [0.5, 0.6) is 17.2 Å². The van der Waals surface area contributed by atoms with Crippen LogP contribution in [-0.4, -0.2) is 13.2 Å². The summed E-state index contributed by atoms with van der Waals surface area (Å²) in [6.07, 6.45) is 0. The Kier molecular flexibility index (Phi) is 12.1. The van der Waals surface area contributed by atoms with E-state index in [1.807, 2.05) is 67.6 Å². The maximum atomic E-state index is 6.04. The van der Waals surface area contributed by atoms with E-state index in [0.29, 0.717) is 19.8 Å². The molecule has 0 heterocycles. The zero-order chi connectivity index (χ0) is 19.8. The quantitative estimate of drug-likeness (QED) is 0.368. The molecule has 0 saturated carbocycles. The van der Waals surface area contributed by atoms with Crippen LogP contribution < -0.4 is 9.47 Å². The first-order valence-corrected chi connectivity index (χ1v) is 9.70. The molecule has 0 saturated heterocycles. The van der Waals surface area contributed by atoms with E-state index in [1.165, 1.54) is 5.56 Å². The van der Waals surface area contributed by atoms with Gasteiger partial charge in [0.15, 0.2) is 0 Å². The zero-order valence-electron chi connectivity index (χ0n) is 18.1. The van der Waals surface area contributed by atoms with Gasteiger partial charge in [0.1, 0.15) is 17.2 Å². The SMILES string of the molecule is CCOc1ccc(C(C)(C)COCc2cccc(Oc3ccccc3)c2)cc1.F.F.F. The van der Waals surface area contributed by atoms with Crippen molar-refractivity contribution >= 4 is 0 Å². The number of halogens is 3. The number of benzene rings is 3. The highest BCUT2D eigenvalue weighted by Crippen LogP contribution is 2.27. The van der Waals surface area contributed by atoms with Gasteiger partial charge in [-0.1, -0.05) is 56.3 Å². The van der Waals surface area contributed by atoms with Crippen molar-refractivity contribution in [2.24, 2.45) is 0 Å². The third kappa shape index (κ3) is 8.34. The molecular weight excluding hydrogens is 405 g/mol. The molecule has 0 N–H and O–H groups in total. The van der Waals surface area contributed by atoms with Crippen LogP contribution in [0.2, 0.25) is 0 Å². The van der Waals surface area contributed by atoms with Crippen LogP contribution in [0.25, 0.3) is 0 Å². The fraction of sp³-hybridized carbons (Fsp3) is 0.280. The van der Waals surface area contributed by atoms with Crippen LogP contribution in [0.3, 0.4) is 0 Å². The van der Waals surface area contributed by atoms with E-state index in [-0.39, 0.29) is 19.5 Å². The van der Waals surface area contributed by atoms with E-state index in [2.05, 4.69) is 32.0 Å². The predicted molar refractivity (Wildman–Crippen MR) is 121 cm³/mol. The van der Waals surface area contributed by atoms with Gasteiger partial charge in [-0.2, -0.15) is 0 Å². The van der Waals surface area contributed by atoms with E-state index >= 15 is 0 Å². The Morgan fingerprint density at radius 2 is 1.35 bits per heavy atom. The summed E-state index contributed by atoms with van der Waals surface area (Å²) < 4.78 is 17.5. The van der Waals surface area contributed by atoms with Crippen LogP contribution in [0.1, 0.15) is 31.9 Å². The Balaban J connectivity index is 0.00000300. The van der Waals surface area contributed by atoms with E-state index < -0.39 is 0 Å². The van der Waals surface area contributed by atoms with Crippen LogP contribution in [0.4, 0.5) is 14.1 Å². The molecule has 3 aromatic carbocycles. The molecule has 0 radical (unpaired) electrons. The lowest BCUT2D eigenvalue weighted by molar-refractivity contribution is 0.0824. The van der Waals surface area contributed by atoms with Crippen LogP contribution in [0, 0.1) is 0 Å². The molecule has 0 atom stereocenters. The van der Waals surface area contributed by atoms with E-state index in [0.717, 1.165) is 22.8 Å². The van der Waals surface area contributed by atoms with Gasteiger partial charge in [-0.3, -0.25) is 14.1 Å². The Morgan fingerprint density at radius 1 is 0.710 bits per heavy atom. The van der Waals surface area contributed by atoms with Gasteiger partial charge in [0.05, 0.1) is 19.8 Å². The van der Waals surface area contributed by atoms with Crippen molar-refractivity contribution in [2.75, 3.05) is 13.2 Å². The lowest BCUT2D eigenvalue weighted by Crippen LogP contribution is -2.24. The number of hydrogen-bond donors (Lipinski definition) is 0. The molecule has 0 unspecified atom stereocenters. The van der Waals surface area contributed by atoms with E-state index in [9.17, 15) is 0 Å². The van der Waals surface area contributed by atoms with Gasteiger partial charge in [-0.15, -0.1) is 0 Å². The molecular formula is C25H31F3O3. The van der Waals surface area contributed by atoms with Crippen LogP contribution >= 0.6 is 0 Å². The summed E-state index contributed by atoms with van der Waals surface area (Å²) in [6.45, 7) is 8.23. The summed E-state index contributed by atoms with van der Waals surface area (Å²) >= 11 is 0. The molecule has 0 amide bonds. The maximum absolute atomic E-state index is 6.04. The molecule has 0 spiro atoms. The number of ether oxygens (including phenoxy) is 3. The first-order valence-electron chi connectivity index (χ1n) is 9.70. The highest BCUT2D eigenvalue weighted by Gasteiger charge is 2.21. The molecule has 170 valence electrons. The highest BCUT2D eigenvalue weighted by molar-refractivity contribution is 5.34. The summed E-state index contributed by atoms with van der Waals surface area (Å²) in [4.78, 5) is 0. The Labute approximate surface area is 182 Å². The highest BCUT2D eigenvalue weighted by atomic mass is 19.0. The lowest BCUT2D eigenvalue weighted by Gasteiger charge is -2.25. The van der Waals surface area contributed by atoms with E-state index in [4.69, 9.17) is 14.2 Å². The van der Waals surface area contributed by atoms with Gasteiger partial charge in [0, 0.05) is 5.41 Å². The monoisotopic (exact) mass is 436 g/mol. The van der Waals surface area contributed by atoms with Gasteiger partial charge in [0.2, 0.25) is 0 Å². The topological polar surface area (TPSA) is 27.7 Å². The van der Waals surface area contributed by atoms with Crippen molar-refractivity contribution in [1.29, 1.82) is 0 Å². The van der Waals surface area contributed by atoms with Crippen LogP contribution in [-0.2, 0) is 16.8 Å². The van der Waals surface area contributed by atoms with Gasteiger partial charge in [-0.05, 0) is 54.4 Å². The molecule has 0 aliphatic heterocycles. The zero-order valence-corrected chi connectivity index (χ0v) is 18.1. The van der Waals surface area contributed by atoms with Crippen molar-refractivity contribution in [1.82, 2.24) is 0 Å². The smallest absolute Gasteiger partial charge is 0.127 e. The second-order valence-electron chi connectivity index (χ2n) is 7.40. The summed E-state index contributed by atoms with van der Waals surface area (Å²) in [5.41, 5.74) is 2.25. The summed E-state index contributed by atoms with van der Waals surface area (Å²) in [5, 5.41) is 0. The largest absolute Gasteiger partial charge is 0.494 e. The molecule has 0 aromatic heterocycles. The molecule has 3 nitrogen and oxygen atoms in total. The predicted octanol–water partition coefficient (Wildman–Crippen LogP) is 6.83. The minimum absolute atomic E-state index is 0. The van der Waals surface area contributed by atoms with Crippen LogP contribution in [0.15, 0.2) is 78.9 Å². The molecule has 0 aliphatic rings. The van der Waals surface area contributed by atoms with Gasteiger partial charge < -0.3 is 14.2 Å². The first kappa shape index (κ1) is 28.0. The minimum atomic E-state index is -0.0805. The fourth-order valence-electron chi connectivity index (χ4n) is 3.00. The molecule has 0 fully saturated rings. The average molecular weight is 437 g/mol. The summed E-state index contributed by atoms with van der Waals surface area (Å²) in [5.74, 6) is 2.55.